The molecule has 4 nitrogen and oxygen atoms in total. The Kier molecular flexibility index (Phi) is 4.37. The molecule has 0 fully saturated rings. The van der Waals surface area contributed by atoms with Gasteiger partial charge >= 0.3 is 5.97 Å². The molecule has 21 heavy (non-hydrogen) atoms. The molecule has 0 aliphatic carbocycles. The van der Waals surface area contributed by atoms with Gasteiger partial charge in [-0.1, -0.05) is 0 Å². The lowest BCUT2D eigenvalue weighted by atomic mass is 10.1. The molecule has 0 heterocycles. The first kappa shape index (κ1) is 14.8. The van der Waals surface area contributed by atoms with E-state index in [1.807, 2.05) is 0 Å². The van der Waals surface area contributed by atoms with Crippen LogP contribution in [0.25, 0.3) is 0 Å². The average molecular weight is 293 g/mol. The van der Waals surface area contributed by atoms with Crippen molar-refractivity contribution in [3.8, 4) is 5.75 Å². The monoisotopic (exact) mass is 293 g/mol. The Morgan fingerprint density at radius 1 is 1.19 bits per heavy atom. The second-order valence-corrected chi connectivity index (χ2v) is 4.35. The quantitative estimate of drug-likeness (QED) is 0.888. The Labute approximate surface area is 120 Å². The fourth-order valence-corrected chi connectivity index (χ4v) is 1.89. The van der Waals surface area contributed by atoms with E-state index in [1.165, 1.54) is 37.4 Å². The van der Waals surface area contributed by atoms with Gasteiger partial charge in [0.2, 0.25) is 0 Å². The number of hydrogen-bond acceptors (Lipinski definition) is 3. The Bertz CT molecular complexity index is 654. The number of rotatable bonds is 5. The summed E-state index contributed by atoms with van der Waals surface area (Å²) in [5.74, 6) is -1.97. The van der Waals surface area contributed by atoms with Gasteiger partial charge < -0.3 is 15.2 Å². The smallest absolute Gasteiger partial charge is 0.335 e. The average Bonchev–Trinajstić information content (AvgIpc) is 2.43. The van der Waals surface area contributed by atoms with Gasteiger partial charge in [0.1, 0.15) is 17.4 Å². The minimum atomic E-state index is -1.07. The number of ether oxygens (including phenoxy) is 1. The fraction of sp³-hybridized carbons (Fsp3) is 0.133. The molecule has 0 unspecified atom stereocenters. The fourth-order valence-electron chi connectivity index (χ4n) is 1.89. The van der Waals surface area contributed by atoms with E-state index in [-0.39, 0.29) is 12.1 Å². The van der Waals surface area contributed by atoms with Gasteiger partial charge in [0.15, 0.2) is 0 Å². The largest absolute Gasteiger partial charge is 0.495 e. The van der Waals surface area contributed by atoms with Crippen LogP contribution in [0.1, 0.15) is 15.9 Å². The van der Waals surface area contributed by atoms with E-state index >= 15 is 0 Å². The van der Waals surface area contributed by atoms with Crippen LogP contribution in [0.15, 0.2) is 36.4 Å². The van der Waals surface area contributed by atoms with Crippen molar-refractivity contribution >= 4 is 11.7 Å². The number of anilines is 1. The molecule has 0 saturated carbocycles. The maximum atomic E-state index is 13.1. The first-order valence-electron chi connectivity index (χ1n) is 6.10. The first-order valence-corrected chi connectivity index (χ1v) is 6.10. The van der Waals surface area contributed by atoms with Crippen molar-refractivity contribution in [2.45, 2.75) is 6.54 Å². The van der Waals surface area contributed by atoms with Crippen molar-refractivity contribution in [2.24, 2.45) is 0 Å². The Balaban J connectivity index is 2.21. The van der Waals surface area contributed by atoms with Crippen molar-refractivity contribution in [1.82, 2.24) is 0 Å². The van der Waals surface area contributed by atoms with Crippen molar-refractivity contribution in [3.05, 3.63) is 59.2 Å². The van der Waals surface area contributed by atoms with Crippen LogP contribution < -0.4 is 10.1 Å². The number of halogens is 2. The van der Waals surface area contributed by atoms with Crippen LogP contribution in [0.4, 0.5) is 14.5 Å². The van der Waals surface area contributed by atoms with Crippen LogP contribution in [-0.2, 0) is 6.54 Å². The zero-order valence-corrected chi connectivity index (χ0v) is 11.2. The number of carboxylic acid groups (broad SMARTS) is 1. The molecule has 2 aromatic rings. The molecule has 0 aromatic heterocycles. The molecule has 6 heteroatoms. The predicted molar refractivity (Wildman–Crippen MR) is 73.6 cm³/mol. The van der Waals surface area contributed by atoms with E-state index in [1.54, 1.807) is 0 Å². The van der Waals surface area contributed by atoms with E-state index in [0.29, 0.717) is 17.0 Å². The summed E-state index contributed by atoms with van der Waals surface area (Å²) in [6.45, 7) is 0.133. The minimum Gasteiger partial charge on any atom is -0.495 e. The SMILES string of the molecule is COc1ccc(C(=O)O)cc1NCc1cc(F)cc(F)c1. The summed E-state index contributed by atoms with van der Waals surface area (Å²) in [7, 11) is 1.45. The molecule has 2 rings (SSSR count). The second kappa shape index (κ2) is 6.21. The van der Waals surface area contributed by atoms with E-state index in [2.05, 4.69) is 5.32 Å². The molecule has 2 N–H and O–H groups in total. The maximum absolute atomic E-state index is 13.1. The zero-order chi connectivity index (χ0) is 15.4. The van der Waals surface area contributed by atoms with Crippen LogP contribution in [0, 0.1) is 11.6 Å². The van der Waals surface area contributed by atoms with Gasteiger partial charge in [0, 0.05) is 12.6 Å². The van der Waals surface area contributed by atoms with Crippen molar-refractivity contribution < 1.29 is 23.4 Å². The van der Waals surface area contributed by atoms with Gasteiger partial charge in [-0.15, -0.1) is 0 Å². The van der Waals surface area contributed by atoms with E-state index < -0.39 is 17.6 Å². The lowest BCUT2D eigenvalue weighted by molar-refractivity contribution is 0.0697. The summed E-state index contributed by atoms with van der Waals surface area (Å²) in [5.41, 5.74) is 0.918. The van der Waals surface area contributed by atoms with Gasteiger partial charge in [0.05, 0.1) is 18.4 Å². The highest BCUT2D eigenvalue weighted by molar-refractivity contribution is 5.89. The van der Waals surface area contributed by atoms with Gasteiger partial charge in [0.25, 0.3) is 0 Å². The van der Waals surface area contributed by atoms with Crippen molar-refractivity contribution in [3.63, 3.8) is 0 Å². The molecule has 110 valence electrons. The standard InChI is InChI=1S/C15H13F2NO3/c1-21-14-3-2-10(15(19)20)6-13(14)18-8-9-4-11(16)7-12(17)5-9/h2-7,18H,8H2,1H3,(H,19,20). The molecule has 0 aliphatic rings. The van der Waals surface area contributed by atoms with Crippen molar-refractivity contribution in [1.29, 1.82) is 0 Å². The highest BCUT2D eigenvalue weighted by Gasteiger charge is 2.09. The molecular weight excluding hydrogens is 280 g/mol. The Hall–Kier alpha value is -2.63. The molecular formula is C15H13F2NO3. The van der Waals surface area contributed by atoms with Crippen LogP contribution in [-0.4, -0.2) is 18.2 Å². The molecule has 0 atom stereocenters. The van der Waals surface area contributed by atoms with E-state index in [0.717, 1.165) is 6.07 Å². The third kappa shape index (κ3) is 3.68. The summed E-state index contributed by atoms with van der Waals surface area (Å²) in [6.07, 6.45) is 0. The van der Waals surface area contributed by atoms with E-state index in [9.17, 15) is 13.6 Å². The predicted octanol–water partition coefficient (Wildman–Crippen LogP) is 3.28. The summed E-state index contributed by atoms with van der Waals surface area (Å²) >= 11 is 0. The summed E-state index contributed by atoms with van der Waals surface area (Å²) < 4.78 is 31.3. The Morgan fingerprint density at radius 2 is 1.86 bits per heavy atom. The molecule has 0 spiro atoms. The molecule has 0 amide bonds. The van der Waals surface area contributed by atoms with Crippen LogP contribution in [0.2, 0.25) is 0 Å². The van der Waals surface area contributed by atoms with Crippen LogP contribution in [0.5, 0.6) is 5.75 Å². The van der Waals surface area contributed by atoms with Crippen LogP contribution in [0.3, 0.4) is 0 Å². The minimum absolute atomic E-state index is 0.0868. The number of aromatic carboxylic acids is 1. The third-order valence-corrected chi connectivity index (χ3v) is 2.85. The van der Waals surface area contributed by atoms with Gasteiger partial charge in [-0.25, -0.2) is 13.6 Å². The van der Waals surface area contributed by atoms with Crippen LogP contribution >= 0.6 is 0 Å². The first-order chi connectivity index (χ1) is 9.99. The summed E-state index contributed by atoms with van der Waals surface area (Å²) in [5, 5.41) is 11.9. The molecule has 0 aliphatic heterocycles. The number of carbonyl (C=O) groups is 1. The zero-order valence-electron chi connectivity index (χ0n) is 11.2. The Morgan fingerprint density at radius 3 is 2.43 bits per heavy atom. The second-order valence-electron chi connectivity index (χ2n) is 4.35. The highest BCUT2D eigenvalue weighted by Crippen LogP contribution is 2.26. The van der Waals surface area contributed by atoms with E-state index in [4.69, 9.17) is 9.84 Å². The number of nitrogens with one attached hydrogen (secondary N) is 1. The number of carboxylic acids is 1. The van der Waals surface area contributed by atoms with Crippen molar-refractivity contribution in [2.75, 3.05) is 12.4 Å². The summed E-state index contributed by atoms with van der Waals surface area (Å²) in [6, 6.07) is 7.51. The molecule has 0 saturated heterocycles. The number of methoxy groups -OCH3 is 1. The number of benzene rings is 2. The topological polar surface area (TPSA) is 58.6 Å². The molecule has 0 radical (unpaired) electrons. The molecule has 0 bridgehead atoms. The lowest BCUT2D eigenvalue weighted by Gasteiger charge is -2.12. The summed E-state index contributed by atoms with van der Waals surface area (Å²) in [4.78, 5) is 10.9. The number of hydrogen-bond donors (Lipinski definition) is 2. The third-order valence-electron chi connectivity index (χ3n) is 2.85. The molecule has 2 aromatic carbocycles. The van der Waals surface area contributed by atoms with Gasteiger partial charge in [-0.05, 0) is 35.9 Å². The lowest BCUT2D eigenvalue weighted by Crippen LogP contribution is -2.04. The van der Waals surface area contributed by atoms with Gasteiger partial charge in [-0.3, -0.25) is 0 Å². The normalized spacial score (nSPS) is 10.2. The highest BCUT2D eigenvalue weighted by atomic mass is 19.1. The van der Waals surface area contributed by atoms with Gasteiger partial charge in [-0.2, -0.15) is 0 Å². The maximum Gasteiger partial charge on any atom is 0.335 e.